The minimum absolute atomic E-state index is 0.0716. The van der Waals surface area contributed by atoms with Gasteiger partial charge < -0.3 is 10.6 Å². The molecule has 0 aliphatic heterocycles. The molecule has 27 heavy (non-hydrogen) atoms. The van der Waals surface area contributed by atoms with Crippen molar-refractivity contribution >= 4 is 29.3 Å². The zero-order chi connectivity index (χ0) is 19.1. The third kappa shape index (κ3) is 5.48. The molecule has 1 aliphatic carbocycles. The van der Waals surface area contributed by atoms with Crippen molar-refractivity contribution in [2.75, 3.05) is 10.6 Å². The number of nitrogens with zero attached hydrogens (tertiary/aromatic N) is 1. The molecule has 3 rings (SSSR count). The molecule has 0 spiro atoms. The van der Waals surface area contributed by atoms with Gasteiger partial charge >= 0.3 is 0 Å². The SMILES string of the molecule is O=C(/C=C/c1ccccn1)Nc1ccc(F)c(NC(=O)C2CCCCC2)c1. The van der Waals surface area contributed by atoms with Crippen LogP contribution in [0, 0.1) is 11.7 Å². The number of aromatic nitrogens is 1. The fraction of sp³-hybridized carbons (Fsp3) is 0.286. The lowest BCUT2D eigenvalue weighted by Crippen LogP contribution is -2.25. The van der Waals surface area contributed by atoms with Gasteiger partial charge in [-0.3, -0.25) is 14.6 Å². The normalized spacial score (nSPS) is 14.9. The zero-order valence-electron chi connectivity index (χ0n) is 15.0. The molecule has 1 aliphatic rings. The van der Waals surface area contributed by atoms with Crippen LogP contribution in [-0.4, -0.2) is 16.8 Å². The van der Waals surface area contributed by atoms with Gasteiger partial charge in [-0.15, -0.1) is 0 Å². The first kappa shape index (κ1) is 18.8. The van der Waals surface area contributed by atoms with E-state index in [1.165, 1.54) is 24.3 Å². The molecule has 0 atom stereocenters. The van der Waals surface area contributed by atoms with E-state index in [0.717, 1.165) is 32.1 Å². The maximum absolute atomic E-state index is 14.1. The van der Waals surface area contributed by atoms with Gasteiger partial charge in [0.1, 0.15) is 5.82 Å². The summed E-state index contributed by atoms with van der Waals surface area (Å²) in [6, 6.07) is 9.51. The Balaban J connectivity index is 1.63. The smallest absolute Gasteiger partial charge is 0.248 e. The average Bonchev–Trinajstić information content (AvgIpc) is 2.70. The highest BCUT2D eigenvalue weighted by atomic mass is 19.1. The number of carbonyl (C=O) groups excluding carboxylic acids is 2. The summed E-state index contributed by atoms with van der Waals surface area (Å²) in [5.74, 6) is -1.12. The minimum Gasteiger partial charge on any atom is -0.323 e. The highest BCUT2D eigenvalue weighted by Gasteiger charge is 2.22. The van der Waals surface area contributed by atoms with Crippen molar-refractivity contribution in [1.29, 1.82) is 0 Å². The lowest BCUT2D eigenvalue weighted by molar-refractivity contribution is -0.120. The number of amides is 2. The van der Waals surface area contributed by atoms with Gasteiger partial charge in [-0.2, -0.15) is 0 Å². The molecule has 2 N–H and O–H groups in total. The molecule has 1 fully saturated rings. The number of benzene rings is 1. The summed E-state index contributed by atoms with van der Waals surface area (Å²) in [5.41, 5.74) is 1.15. The molecule has 5 nitrogen and oxygen atoms in total. The number of pyridine rings is 1. The number of halogens is 1. The second kappa shape index (κ2) is 9.07. The topological polar surface area (TPSA) is 71.1 Å². The molecule has 0 radical (unpaired) electrons. The number of anilines is 2. The van der Waals surface area contributed by atoms with E-state index < -0.39 is 5.82 Å². The molecule has 140 valence electrons. The molecule has 1 heterocycles. The predicted molar refractivity (Wildman–Crippen MR) is 104 cm³/mol. The van der Waals surface area contributed by atoms with E-state index in [0.29, 0.717) is 11.4 Å². The van der Waals surface area contributed by atoms with Gasteiger partial charge in [-0.05, 0) is 49.2 Å². The molecule has 0 bridgehead atoms. The maximum atomic E-state index is 14.1. The van der Waals surface area contributed by atoms with Gasteiger partial charge in [-0.1, -0.05) is 25.3 Å². The molecule has 1 saturated carbocycles. The van der Waals surface area contributed by atoms with Crippen LogP contribution in [-0.2, 0) is 9.59 Å². The van der Waals surface area contributed by atoms with E-state index in [4.69, 9.17) is 0 Å². The molecule has 2 amide bonds. The summed E-state index contributed by atoms with van der Waals surface area (Å²) in [6.07, 6.45) is 9.45. The first-order valence-corrected chi connectivity index (χ1v) is 9.12. The van der Waals surface area contributed by atoms with E-state index in [-0.39, 0.29) is 23.4 Å². The summed E-state index contributed by atoms with van der Waals surface area (Å²) in [6.45, 7) is 0. The quantitative estimate of drug-likeness (QED) is 0.770. The molecule has 6 heteroatoms. The van der Waals surface area contributed by atoms with Crippen LogP contribution < -0.4 is 10.6 Å². The van der Waals surface area contributed by atoms with Crippen molar-refractivity contribution in [3.8, 4) is 0 Å². The molecule has 1 aromatic carbocycles. The molecular weight excluding hydrogens is 345 g/mol. The van der Waals surface area contributed by atoms with E-state index in [9.17, 15) is 14.0 Å². The van der Waals surface area contributed by atoms with Crippen LogP contribution in [0.15, 0.2) is 48.7 Å². The van der Waals surface area contributed by atoms with Crippen molar-refractivity contribution in [3.63, 3.8) is 0 Å². The fourth-order valence-corrected chi connectivity index (χ4v) is 3.12. The van der Waals surface area contributed by atoms with E-state index in [1.807, 2.05) is 6.07 Å². The van der Waals surface area contributed by atoms with Crippen molar-refractivity contribution < 1.29 is 14.0 Å². The van der Waals surface area contributed by atoms with Crippen LogP contribution in [0.2, 0.25) is 0 Å². The van der Waals surface area contributed by atoms with Crippen LogP contribution in [0.5, 0.6) is 0 Å². The lowest BCUT2D eigenvalue weighted by atomic mass is 9.88. The number of nitrogens with one attached hydrogen (secondary N) is 2. The predicted octanol–water partition coefficient (Wildman–Crippen LogP) is 4.39. The van der Waals surface area contributed by atoms with Gasteiger partial charge in [0, 0.05) is 23.9 Å². The monoisotopic (exact) mass is 367 g/mol. The maximum Gasteiger partial charge on any atom is 0.248 e. The fourth-order valence-electron chi connectivity index (χ4n) is 3.12. The summed E-state index contributed by atoms with van der Waals surface area (Å²) < 4.78 is 14.1. The average molecular weight is 367 g/mol. The Kier molecular flexibility index (Phi) is 6.30. The lowest BCUT2D eigenvalue weighted by Gasteiger charge is -2.21. The Morgan fingerprint density at radius 2 is 1.89 bits per heavy atom. The second-order valence-electron chi connectivity index (χ2n) is 6.60. The van der Waals surface area contributed by atoms with Crippen molar-refractivity contribution in [2.45, 2.75) is 32.1 Å². The number of hydrogen-bond donors (Lipinski definition) is 2. The largest absolute Gasteiger partial charge is 0.323 e. The summed E-state index contributed by atoms with van der Waals surface area (Å²) >= 11 is 0. The Bertz CT molecular complexity index is 831. The van der Waals surface area contributed by atoms with Crippen LogP contribution >= 0.6 is 0 Å². The summed E-state index contributed by atoms with van der Waals surface area (Å²) in [5, 5.41) is 5.32. The third-order valence-electron chi connectivity index (χ3n) is 4.56. The Morgan fingerprint density at radius 3 is 2.63 bits per heavy atom. The number of rotatable bonds is 5. The van der Waals surface area contributed by atoms with Crippen molar-refractivity contribution in [2.24, 2.45) is 5.92 Å². The van der Waals surface area contributed by atoms with Crippen LogP contribution in [0.4, 0.5) is 15.8 Å². The van der Waals surface area contributed by atoms with E-state index >= 15 is 0 Å². The number of carbonyl (C=O) groups is 2. The Morgan fingerprint density at radius 1 is 1.07 bits per heavy atom. The minimum atomic E-state index is -0.527. The highest BCUT2D eigenvalue weighted by Crippen LogP contribution is 2.26. The van der Waals surface area contributed by atoms with E-state index in [1.54, 1.807) is 24.4 Å². The Hall–Kier alpha value is -3.02. The van der Waals surface area contributed by atoms with Crippen LogP contribution in [0.1, 0.15) is 37.8 Å². The summed E-state index contributed by atoms with van der Waals surface area (Å²) in [4.78, 5) is 28.5. The molecular formula is C21H22FN3O2. The van der Waals surface area contributed by atoms with E-state index in [2.05, 4.69) is 15.6 Å². The Labute approximate surface area is 157 Å². The first-order chi connectivity index (χ1) is 13.1. The van der Waals surface area contributed by atoms with Crippen LogP contribution in [0.25, 0.3) is 6.08 Å². The number of hydrogen-bond acceptors (Lipinski definition) is 3. The molecule has 2 aromatic rings. The summed E-state index contributed by atoms with van der Waals surface area (Å²) in [7, 11) is 0. The second-order valence-corrected chi connectivity index (χ2v) is 6.60. The van der Waals surface area contributed by atoms with Gasteiger partial charge in [-0.25, -0.2) is 4.39 Å². The highest BCUT2D eigenvalue weighted by molar-refractivity contribution is 6.02. The van der Waals surface area contributed by atoms with Gasteiger partial charge in [0.25, 0.3) is 0 Å². The third-order valence-corrected chi connectivity index (χ3v) is 4.56. The van der Waals surface area contributed by atoms with Crippen LogP contribution in [0.3, 0.4) is 0 Å². The first-order valence-electron chi connectivity index (χ1n) is 9.12. The van der Waals surface area contributed by atoms with Gasteiger partial charge in [0.15, 0.2) is 0 Å². The van der Waals surface area contributed by atoms with Gasteiger partial charge in [0.05, 0.1) is 11.4 Å². The standard InChI is InChI=1S/C21H22FN3O2/c22-18-11-9-17(24-20(26)12-10-16-8-4-5-13-23-16)14-19(18)25-21(27)15-6-2-1-3-7-15/h4-5,8-15H,1-3,6-7H2,(H,24,26)(H,25,27)/b12-10+. The molecule has 0 saturated heterocycles. The van der Waals surface area contributed by atoms with Crippen molar-refractivity contribution in [3.05, 3.63) is 60.2 Å². The molecule has 0 unspecified atom stereocenters. The molecule has 1 aromatic heterocycles. The van der Waals surface area contributed by atoms with Crippen molar-refractivity contribution in [1.82, 2.24) is 4.98 Å². The van der Waals surface area contributed by atoms with Gasteiger partial charge in [0.2, 0.25) is 11.8 Å². The zero-order valence-corrected chi connectivity index (χ0v) is 15.0.